The van der Waals surface area contributed by atoms with E-state index in [0.717, 1.165) is 25.7 Å². The number of rotatable bonds is 15. The Morgan fingerprint density at radius 3 is 2.08 bits per heavy atom. The Morgan fingerprint density at radius 1 is 0.753 bits per heavy atom. The van der Waals surface area contributed by atoms with Gasteiger partial charge in [0.2, 0.25) is 0 Å². The second kappa shape index (κ2) is 22.3. The minimum atomic E-state index is -1.86. The van der Waals surface area contributed by atoms with Gasteiger partial charge in [-0.1, -0.05) is 59.6 Å². The molecule has 0 unspecified atom stereocenters. The molecule has 0 amide bonds. The summed E-state index contributed by atoms with van der Waals surface area (Å²) >= 11 is 0. The molecule has 5 heterocycles. The van der Waals surface area contributed by atoms with Crippen LogP contribution in [0.4, 0.5) is 0 Å². The van der Waals surface area contributed by atoms with E-state index in [-0.39, 0.29) is 48.3 Å². The number of carbonyl (C=O) groups excluding carboxylic acids is 2. The van der Waals surface area contributed by atoms with Gasteiger partial charge in [0, 0.05) is 19.4 Å². The van der Waals surface area contributed by atoms with Crippen LogP contribution >= 0.6 is 0 Å². The lowest BCUT2D eigenvalue weighted by Gasteiger charge is -2.64. The van der Waals surface area contributed by atoms with E-state index in [9.17, 15) is 55.5 Å². The number of hydrogen-bond acceptors (Lipinski definition) is 22. The average Bonchev–Trinajstić information content (AvgIpc) is 3.98. The predicted molar refractivity (Wildman–Crippen MR) is 265 cm³/mol. The number of methoxy groups -OCH3 is 1. The first-order chi connectivity index (χ1) is 36.2. The van der Waals surface area contributed by atoms with E-state index < -0.39 is 151 Å². The molecule has 5 aliphatic heterocycles. The third-order valence-corrected chi connectivity index (χ3v) is 20.2. The van der Waals surface area contributed by atoms with Crippen LogP contribution in [0.25, 0.3) is 0 Å². The molecule has 5 saturated heterocycles. The van der Waals surface area contributed by atoms with Gasteiger partial charge in [-0.2, -0.15) is 0 Å². The molecule has 1 spiro atoms. The van der Waals surface area contributed by atoms with Gasteiger partial charge in [0.15, 0.2) is 25.2 Å². The second-order valence-corrected chi connectivity index (χ2v) is 25.6. The molecule has 22 heteroatoms. The molecule has 0 radical (unpaired) electrons. The number of ether oxygens (including phenoxy) is 11. The van der Waals surface area contributed by atoms with E-state index in [0.29, 0.717) is 38.0 Å². The fraction of sp³-hybridized carbons (Fsp3) is 0.927. The van der Waals surface area contributed by atoms with Crippen molar-refractivity contribution in [1.82, 2.24) is 0 Å². The van der Waals surface area contributed by atoms with E-state index >= 15 is 0 Å². The maximum absolute atomic E-state index is 14.6. The minimum Gasteiger partial charge on any atom is -0.462 e. The van der Waals surface area contributed by atoms with Crippen LogP contribution in [0.2, 0.25) is 0 Å². The Kier molecular flexibility index (Phi) is 17.2. The molecule has 77 heavy (non-hydrogen) atoms. The fourth-order valence-electron chi connectivity index (χ4n) is 16.3. The lowest BCUT2D eigenvalue weighted by atomic mass is 9.40. The Bertz CT molecular complexity index is 2130. The van der Waals surface area contributed by atoms with Crippen LogP contribution in [-0.4, -0.2) is 213 Å². The largest absolute Gasteiger partial charge is 0.462 e. The number of cyclic esters (lactones) is 1. The molecule has 27 atom stereocenters. The topological polar surface area (TPSA) is 318 Å². The summed E-state index contributed by atoms with van der Waals surface area (Å²) in [7, 11) is 1.29. The van der Waals surface area contributed by atoms with Crippen molar-refractivity contribution >= 4 is 11.9 Å². The van der Waals surface area contributed by atoms with Crippen molar-refractivity contribution in [2.45, 2.75) is 249 Å². The van der Waals surface area contributed by atoms with E-state index in [4.69, 9.17) is 52.1 Å². The van der Waals surface area contributed by atoms with Gasteiger partial charge < -0.3 is 98.1 Å². The SMILES string of the molecule is CO[C@@H]1OC[C@@H](O)[C@H](O)[C@H]1O[C@@H]1O[C@H](C)[C@@H](O[C@@H]2O[C@H](CO)[C@@H](O)[C@H](O[C@@H]3OC[C@@H](O)[C@H](O[C@H]4CC[C@]5(C)[C@@H]6CC[C@]78C(=O)O[C@@](C)(CCCC(C)C)[C@H]7[C@@H](OC(C)=O)C[C@@]8(C)C6=CC[C@H]5C4(C)C)[C@H]3O)[C@H]2O)[C@H](O)[C@H]1O. The van der Waals surface area contributed by atoms with Crippen molar-refractivity contribution in [1.29, 1.82) is 0 Å². The van der Waals surface area contributed by atoms with Gasteiger partial charge >= 0.3 is 11.9 Å². The normalized spacial score (nSPS) is 51.5. The number of aliphatic hydroxyl groups is 9. The van der Waals surface area contributed by atoms with Crippen molar-refractivity contribution in [3.8, 4) is 0 Å². The highest BCUT2D eigenvalue weighted by molar-refractivity contribution is 5.84. The zero-order valence-corrected chi connectivity index (χ0v) is 46.3. The molecule has 9 N–H and O–H groups in total. The first kappa shape index (κ1) is 59.6. The molecule has 9 aliphatic rings. The van der Waals surface area contributed by atoms with E-state index in [1.807, 2.05) is 6.92 Å². The predicted octanol–water partition coefficient (Wildman–Crippen LogP) is 0.873. The molecule has 440 valence electrons. The Balaban J connectivity index is 0.877. The van der Waals surface area contributed by atoms with Crippen LogP contribution in [0, 0.1) is 45.3 Å². The quantitative estimate of drug-likeness (QED) is 0.0812. The van der Waals surface area contributed by atoms with Gasteiger partial charge in [0.25, 0.3) is 0 Å². The summed E-state index contributed by atoms with van der Waals surface area (Å²) in [5, 5.41) is 100. The Labute approximate surface area is 450 Å². The number of aliphatic hydroxyl groups excluding tert-OH is 9. The summed E-state index contributed by atoms with van der Waals surface area (Å²) in [5.74, 6) is -0.144. The molecule has 0 aromatic carbocycles. The molecule has 0 bridgehead atoms. The molecular weight excluding hydrogens is 1010 g/mol. The van der Waals surface area contributed by atoms with E-state index in [1.54, 1.807) is 0 Å². The maximum Gasteiger partial charge on any atom is 0.314 e. The molecule has 0 aromatic rings. The lowest BCUT2D eigenvalue weighted by molar-refractivity contribution is -0.384. The summed E-state index contributed by atoms with van der Waals surface area (Å²) in [5.41, 5.74) is -1.73. The lowest BCUT2D eigenvalue weighted by Crippen LogP contribution is -2.66. The van der Waals surface area contributed by atoms with E-state index in [1.165, 1.54) is 26.5 Å². The second-order valence-electron chi connectivity index (χ2n) is 25.6. The van der Waals surface area contributed by atoms with Gasteiger partial charge in [-0.05, 0) is 93.8 Å². The molecule has 22 nitrogen and oxygen atoms in total. The molecule has 4 aliphatic carbocycles. The summed E-state index contributed by atoms with van der Waals surface area (Å²) < 4.78 is 65.4. The highest BCUT2D eigenvalue weighted by Crippen LogP contribution is 2.77. The minimum absolute atomic E-state index is 0.0752. The summed E-state index contributed by atoms with van der Waals surface area (Å²) in [6, 6.07) is 0. The van der Waals surface area contributed by atoms with Gasteiger partial charge in [-0.15, -0.1) is 0 Å². The van der Waals surface area contributed by atoms with Gasteiger partial charge in [0.1, 0.15) is 91.1 Å². The molecule has 9 rings (SSSR count). The molecule has 0 aromatic heterocycles. The number of hydrogen-bond donors (Lipinski definition) is 9. The zero-order valence-electron chi connectivity index (χ0n) is 46.3. The highest BCUT2D eigenvalue weighted by atomic mass is 16.8. The third kappa shape index (κ3) is 10.1. The van der Waals surface area contributed by atoms with Crippen LogP contribution in [0.5, 0.6) is 0 Å². The molecule has 8 fully saturated rings. The first-order valence-corrected chi connectivity index (χ1v) is 28.0. The van der Waals surface area contributed by atoms with Gasteiger partial charge in [-0.25, -0.2) is 0 Å². The van der Waals surface area contributed by atoms with Crippen molar-refractivity contribution in [3.05, 3.63) is 11.6 Å². The Hall–Kier alpha value is -2.04. The third-order valence-electron chi connectivity index (χ3n) is 20.2. The number of esters is 2. The van der Waals surface area contributed by atoms with Crippen molar-refractivity contribution in [3.63, 3.8) is 0 Å². The standard InChI is InChI=1S/C55H88O22/c1-24(2)12-11-17-54(9)45-31(71-26(4)57)20-53(8)28-13-14-33-51(5,6)34(16-18-52(33,7)27(28)15-19-55(45,53)50(66)77-54)73-42-30(59)23-68-46(39(42)64)75-43-36(61)32(21-56)72-48(40(43)65)74-41-25(3)70-47(38(63)37(41)62)76-44-35(60)29(58)22-69-49(44)67-10/h13,24-25,27,29-49,56,58-65H,11-12,14-23H2,1-10H3/t25-,27-,29-,30-,31+,32-,33+,34+,35+,36-,37-,38-,39-,40-,41-,42+,43+,44-,45-,46+,47+,48+,49-,52-,53+,54+,55-/m1/s1. The van der Waals surface area contributed by atoms with Crippen LogP contribution in [-0.2, 0) is 61.7 Å². The van der Waals surface area contributed by atoms with E-state index in [2.05, 4.69) is 47.6 Å². The van der Waals surface area contributed by atoms with Crippen LogP contribution < -0.4 is 0 Å². The van der Waals surface area contributed by atoms with Gasteiger partial charge in [0.05, 0.1) is 43.4 Å². The summed E-state index contributed by atoms with van der Waals surface area (Å²) in [4.78, 5) is 27.4. The summed E-state index contributed by atoms with van der Waals surface area (Å²) in [6.07, 6.45) is -19.3. The monoisotopic (exact) mass is 1100 g/mol. The maximum atomic E-state index is 14.6. The highest BCUT2D eigenvalue weighted by Gasteiger charge is 2.79. The zero-order chi connectivity index (χ0) is 56.1. The van der Waals surface area contributed by atoms with Crippen molar-refractivity contribution in [2.24, 2.45) is 45.3 Å². The smallest absolute Gasteiger partial charge is 0.314 e. The number of carbonyl (C=O) groups is 2. The summed E-state index contributed by atoms with van der Waals surface area (Å²) in [6.45, 7) is 16.8. The van der Waals surface area contributed by atoms with Crippen LogP contribution in [0.1, 0.15) is 120 Å². The van der Waals surface area contributed by atoms with Crippen molar-refractivity contribution < 1.29 is 108 Å². The van der Waals surface area contributed by atoms with Crippen LogP contribution in [0.15, 0.2) is 11.6 Å². The van der Waals surface area contributed by atoms with Crippen molar-refractivity contribution in [2.75, 3.05) is 26.9 Å². The molecular formula is C55H88O22. The first-order valence-electron chi connectivity index (χ1n) is 28.0. The number of fused-ring (bicyclic) bond motifs is 4. The number of allylic oxidation sites excluding steroid dienone is 2. The average molecular weight is 1100 g/mol. The van der Waals surface area contributed by atoms with Gasteiger partial charge in [-0.3, -0.25) is 9.59 Å². The Morgan fingerprint density at radius 2 is 1.40 bits per heavy atom. The molecule has 3 saturated carbocycles. The van der Waals surface area contributed by atoms with Crippen LogP contribution in [0.3, 0.4) is 0 Å². The fourth-order valence-corrected chi connectivity index (χ4v) is 16.3.